The number of hydrogen-bond donors (Lipinski definition) is 2. The van der Waals surface area contributed by atoms with Crippen LogP contribution in [0.25, 0.3) is 5.57 Å². The molecular formula is C18H19ClF3N5O2. The molecule has 2 N–H and O–H groups in total. The van der Waals surface area contributed by atoms with Crippen LogP contribution < -0.4 is 5.32 Å². The molecule has 0 unspecified atom stereocenters. The predicted octanol–water partition coefficient (Wildman–Crippen LogP) is 3.82. The Hall–Kier alpha value is -2.80. The molecule has 0 saturated carbocycles. The molecule has 1 saturated heterocycles. The van der Waals surface area contributed by atoms with Crippen LogP contribution in [0.1, 0.15) is 37.6 Å². The van der Waals surface area contributed by atoms with Crippen molar-refractivity contribution in [3.63, 3.8) is 0 Å². The van der Waals surface area contributed by atoms with Crippen LogP contribution in [0.3, 0.4) is 0 Å². The first kappa shape index (κ1) is 22.5. The van der Waals surface area contributed by atoms with Crippen LogP contribution in [0, 0.1) is 16.7 Å². The van der Waals surface area contributed by atoms with Crippen LogP contribution in [-0.4, -0.2) is 46.9 Å². The number of likely N-dealkylation sites (tertiary alicyclic amines) is 1. The van der Waals surface area contributed by atoms with Gasteiger partial charge in [0.15, 0.2) is 0 Å². The maximum atomic E-state index is 13.2. The van der Waals surface area contributed by atoms with Gasteiger partial charge >= 0.3 is 12.3 Å². The molecule has 7 nitrogen and oxygen atoms in total. The van der Waals surface area contributed by atoms with Crippen molar-refractivity contribution in [3.8, 4) is 6.07 Å². The third-order valence-corrected chi connectivity index (χ3v) is 4.13. The van der Waals surface area contributed by atoms with Gasteiger partial charge in [-0.15, -0.1) is 0 Å². The summed E-state index contributed by atoms with van der Waals surface area (Å²) in [5.41, 5.74) is -2.76. The number of nitriles is 1. The fourth-order valence-electron chi connectivity index (χ4n) is 2.45. The lowest BCUT2D eigenvalue weighted by Crippen LogP contribution is -2.59. The quantitative estimate of drug-likeness (QED) is 0.559. The summed E-state index contributed by atoms with van der Waals surface area (Å²) in [4.78, 5) is 17.2. The lowest BCUT2D eigenvalue weighted by Gasteiger charge is -2.39. The van der Waals surface area contributed by atoms with E-state index in [9.17, 15) is 18.0 Å². The van der Waals surface area contributed by atoms with Gasteiger partial charge in [0.1, 0.15) is 22.4 Å². The number of allylic oxidation sites excluding steroid dienone is 1. The van der Waals surface area contributed by atoms with Crippen LogP contribution in [0.5, 0.6) is 0 Å². The standard InChI is InChI=1S/C18H19ClF3N5O2/c1-17(2,3)29-16(28)27-8-11(9-27)25-7-10(5-23)14-4-13(18(20,21)22)12(6-24)15(19)26-14/h4-5,7,11,23,25H,8-9H2,1-3H3/b10-7+,23-5?. The van der Waals surface area contributed by atoms with Crippen LogP contribution in [0.4, 0.5) is 18.0 Å². The van der Waals surface area contributed by atoms with E-state index in [0.29, 0.717) is 19.2 Å². The minimum atomic E-state index is -4.80. The number of pyridine rings is 1. The number of rotatable bonds is 4. The SMILES string of the molecule is CC(C)(C)OC(=O)N1CC(N/C=C(\C=N)c2cc(C(F)(F)F)c(C#N)c(Cl)n2)C1. The molecule has 0 spiro atoms. The van der Waals surface area contributed by atoms with Crippen molar-refractivity contribution in [2.75, 3.05) is 13.1 Å². The molecule has 1 aromatic heterocycles. The number of halogens is 4. The summed E-state index contributed by atoms with van der Waals surface area (Å²) in [5.74, 6) is 0. The number of ether oxygens (including phenoxy) is 1. The Morgan fingerprint density at radius 1 is 1.45 bits per heavy atom. The highest BCUT2D eigenvalue weighted by Crippen LogP contribution is 2.35. The zero-order chi connectivity index (χ0) is 22.0. The molecule has 2 heterocycles. The maximum Gasteiger partial charge on any atom is 0.417 e. The largest absolute Gasteiger partial charge is 0.444 e. The highest BCUT2D eigenvalue weighted by molar-refractivity contribution is 6.30. The van der Waals surface area contributed by atoms with Crippen molar-refractivity contribution in [1.29, 1.82) is 10.7 Å². The van der Waals surface area contributed by atoms with Crippen molar-refractivity contribution in [2.45, 2.75) is 38.6 Å². The normalized spacial score (nSPS) is 15.4. The molecule has 0 aromatic carbocycles. The summed E-state index contributed by atoms with van der Waals surface area (Å²) >= 11 is 5.74. The second kappa shape index (κ2) is 8.29. The van der Waals surface area contributed by atoms with E-state index in [1.807, 2.05) is 0 Å². The monoisotopic (exact) mass is 429 g/mol. The lowest BCUT2D eigenvalue weighted by atomic mass is 10.1. The number of alkyl halides is 3. The first-order valence-corrected chi connectivity index (χ1v) is 8.86. The van der Waals surface area contributed by atoms with Crippen LogP contribution >= 0.6 is 11.6 Å². The average molecular weight is 430 g/mol. The van der Waals surface area contributed by atoms with E-state index in [-0.39, 0.29) is 17.3 Å². The molecule has 1 fully saturated rings. The van der Waals surface area contributed by atoms with Gasteiger partial charge in [-0.05, 0) is 26.8 Å². The second-order valence-corrected chi connectivity index (χ2v) is 7.68. The number of nitrogens with one attached hydrogen (secondary N) is 2. The summed E-state index contributed by atoms with van der Waals surface area (Å²) in [5, 5.41) is 18.7. The Labute approximate surface area is 170 Å². The minimum Gasteiger partial charge on any atom is -0.444 e. The van der Waals surface area contributed by atoms with E-state index in [2.05, 4.69) is 10.3 Å². The Morgan fingerprint density at radius 2 is 2.07 bits per heavy atom. The van der Waals surface area contributed by atoms with E-state index >= 15 is 0 Å². The molecule has 0 aliphatic carbocycles. The minimum absolute atomic E-state index is 0.0395. The Morgan fingerprint density at radius 3 is 2.55 bits per heavy atom. The fraction of sp³-hybridized carbons (Fsp3) is 0.444. The fourth-order valence-corrected chi connectivity index (χ4v) is 2.68. The summed E-state index contributed by atoms with van der Waals surface area (Å²) in [6.07, 6.45) is -3.10. The van der Waals surface area contributed by atoms with Gasteiger partial charge < -0.3 is 20.4 Å². The topological polar surface area (TPSA) is 102 Å². The smallest absolute Gasteiger partial charge is 0.417 e. The lowest BCUT2D eigenvalue weighted by molar-refractivity contribution is -0.137. The van der Waals surface area contributed by atoms with E-state index in [1.54, 1.807) is 20.8 Å². The average Bonchev–Trinajstić information content (AvgIpc) is 2.53. The Kier molecular flexibility index (Phi) is 6.43. The number of carbonyl (C=O) groups excluding carboxylic acids is 1. The molecule has 2 rings (SSSR count). The Balaban J connectivity index is 2.12. The number of carbonyl (C=O) groups is 1. The predicted molar refractivity (Wildman–Crippen MR) is 100 cm³/mol. The maximum absolute atomic E-state index is 13.2. The summed E-state index contributed by atoms with van der Waals surface area (Å²) in [6.45, 7) is 5.94. The molecule has 0 atom stereocenters. The number of amides is 1. The number of hydrogen-bond acceptors (Lipinski definition) is 6. The molecule has 0 bridgehead atoms. The third-order valence-electron chi connectivity index (χ3n) is 3.85. The van der Waals surface area contributed by atoms with Gasteiger partial charge in [-0.3, -0.25) is 0 Å². The van der Waals surface area contributed by atoms with Crippen LogP contribution in [0.2, 0.25) is 5.15 Å². The molecule has 1 amide bonds. The molecule has 0 radical (unpaired) electrons. The van der Waals surface area contributed by atoms with Crippen LogP contribution in [0.15, 0.2) is 12.3 Å². The summed E-state index contributed by atoms with van der Waals surface area (Å²) in [7, 11) is 0. The van der Waals surface area contributed by atoms with Crippen molar-refractivity contribution in [2.24, 2.45) is 0 Å². The van der Waals surface area contributed by atoms with Gasteiger partial charge in [0, 0.05) is 31.1 Å². The van der Waals surface area contributed by atoms with Gasteiger partial charge in [0.05, 0.1) is 17.3 Å². The first-order valence-electron chi connectivity index (χ1n) is 8.48. The van der Waals surface area contributed by atoms with Gasteiger partial charge in [-0.1, -0.05) is 11.6 Å². The molecule has 29 heavy (non-hydrogen) atoms. The van der Waals surface area contributed by atoms with E-state index < -0.39 is 34.2 Å². The molecule has 1 aromatic rings. The van der Waals surface area contributed by atoms with E-state index in [4.69, 9.17) is 27.0 Å². The second-order valence-electron chi connectivity index (χ2n) is 7.32. The van der Waals surface area contributed by atoms with E-state index in [1.165, 1.54) is 17.2 Å². The van der Waals surface area contributed by atoms with Crippen molar-refractivity contribution >= 4 is 29.5 Å². The molecule has 11 heteroatoms. The van der Waals surface area contributed by atoms with Gasteiger partial charge in [0.25, 0.3) is 0 Å². The van der Waals surface area contributed by atoms with Gasteiger partial charge in [-0.2, -0.15) is 18.4 Å². The highest BCUT2D eigenvalue weighted by Gasteiger charge is 2.36. The first-order chi connectivity index (χ1) is 13.4. The Bertz CT molecular complexity index is 881. The third kappa shape index (κ3) is 5.60. The van der Waals surface area contributed by atoms with Gasteiger partial charge in [0.2, 0.25) is 0 Å². The van der Waals surface area contributed by atoms with E-state index in [0.717, 1.165) is 6.21 Å². The van der Waals surface area contributed by atoms with Crippen molar-refractivity contribution in [3.05, 3.63) is 34.2 Å². The molecular weight excluding hydrogens is 411 g/mol. The zero-order valence-electron chi connectivity index (χ0n) is 15.9. The molecule has 1 aliphatic rings. The van der Waals surface area contributed by atoms with Crippen LogP contribution in [-0.2, 0) is 10.9 Å². The molecule has 1 aliphatic heterocycles. The summed E-state index contributed by atoms with van der Waals surface area (Å²) in [6, 6.07) is 1.92. The zero-order valence-corrected chi connectivity index (χ0v) is 16.6. The van der Waals surface area contributed by atoms with Gasteiger partial charge in [-0.25, -0.2) is 9.78 Å². The number of nitrogens with zero attached hydrogens (tertiary/aromatic N) is 3. The molecule has 156 valence electrons. The summed E-state index contributed by atoms with van der Waals surface area (Å²) < 4.78 is 44.8. The highest BCUT2D eigenvalue weighted by atomic mass is 35.5. The van der Waals surface area contributed by atoms with Crippen molar-refractivity contribution < 1.29 is 22.7 Å². The van der Waals surface area contributed by atoms with Crippen molar-refractivity contribution in [1.82, 2.24) is 15.2 Å². The number of aromatic nitrogens is 1.